The third-order valence-electron chi connectivity index (χ3n) is 4.66. The molecule has 102 valence electrons. The van der Waals surface area contributed by atoms with E-state index in [0.29, 0.717) is 6.04 Å². The van der Waals surface area contributed by atoms with Gasteiger partial charge in [-0.3, -0.25) is 0 Å². The first-order chi connectivity index (χ1) is 9.31. The first-order valence-electron chi connectivity index (χ1n) is 7.49. The van der Waals surface area contributed by atoms with Gasteiger partial charge in [0.15, 0.2) is 0 Å². The summed E-state index contributed by atoms with van der Waals surface area (Å²) in [6, 6.07) is 7.70. The molecule has 1 aromatic rings. The summed E-state index contributed by atoms with van der Waals surface area (Å²) in [6.07, 6.45) is 7.01. The molecule has 0 aromatic heterocycles. The van der Waals surface area contributed by atoms with Crippen LogP contribution in [0.2, 0.25) is 5.02 Å². The Bertz CT molecular complexity index is 470. The molecule has 2 fully saturated rings. The number of hydrogen-bond donors (Lipinski definition) is 1. The van der Waals surface area contributed by atoms with Gasteiger partial charge in [-0.25, -0.2) is 0 Å². The Morgan fingerprint density at radius 3 is 2.53 bits per heavy atom. The fourth-order valence-electron chi connectivity index (χ4n) is 3.34. The van der Waals surface area contributed by atoms with Crippen LogP contribution in [0.5, 0.6) is 0 Å². The molecule has 1 atom stereocenters. The van der Waals surface area contributed by atoms with Crippen LogP contribution < -0.4 is 5.32 Å². The Balaban J connectivity index is 1.56. The van der Waals surface area contributed by atoms with Crippen LogP contribution >= 0.6 is 23.4 Å². The van der Waals surface area contributed by atoms with E-state index in [1.807, 2.05) is 17.8 Å². The second-order valence-corrected chi connectivity index (χ2v) is 7.81. The van der Waals surface area contributed by atoms with Gasteiger partial charge >= 0.3 is 0 Å². The van der Waals surface area contributed by atoms with Crippen LogP contribution in [0.1, 0.15) is 43.7 Å². The zero-order valence-electron chi connectivity index (χ0n) is 11.1. The molecule has 1 aromatic carbocycles. The molecule has 3 aliphatic rings. The highest BCUT2D eigenvalue weighted by molar-refractivity contribution is 7.99. The van der Waals surface area contributed by atoms with Gasteiger partial charge in [-0.1, -0.05) is 11.6 Å². The molecule has 0 saturated heterocycles. The number of fused-ring (bicyclic) bond motifs is 1. The maximum atomic E-state index is 6.19. The zero-order valence-corrected chi connectivity index (χ0v) is 12.6. The van der Waals surface area contributed by atoms with E-state index in [0.717, 1.165) is 22.9 Å². The van der Waals surface area contributed by atoms with Crippen molar-refractivity contribution >= 4 is 23.4 Å². The second-order valence-electron chi connectivity index (χ2n) is 6.24. The molecule has 0 amide bonds. The molecule has 1 unspecified atom stereocenters. The second kappa shape index (κ2) is 4.98. The standard InChI is InChI=1S/C16H20ClNS/c17-12-5-6-15-13(9-12)14(7-8-19-15)18-16(10-1-2-10)11-3-4-11/h5-6,9-11,14,16,18H,1-4,7-8H2. The van der Waals surface area contributed by atoms with E-state index in [1.54, 1.807) is 0 Å². The normalized spacial score (nSPS) is 26.5. The maximum absolute atomic E-state index is 6.19. The van der Waals surface area contributed by atoms with Crippen molar-refractivity contribution in [2.45, 2.75) is 49.1 Å². The number of halogens is 1. The van der Waals surface area contributed by atoms with Gasteiger partial charge in [-0.15, -0.1) is 11.8 Å². The van der Waals surface area contributed by atoms with Crippen molar-refractivity contribution in [1.29, 1.82) is 0 Å². The first kappa shape index (κ1) is 12.6. The number of thioether (sulfide) groups is 1. The molecule has 3 heteroatoms. The van der Waals surface area contributed by atoms with Crippen LogP contribution in [-0.4, -0.2) is 11.8 Å². The van der Waals surface area contributed by atoms with E-state index in [1.165, 1.54) is 48.3 Å². The summed E-state index contributed by atoms with van der Waals surface area (Å²) < 4.78 is 0. The van der Waals surface area contributed by atoms with E-state index >= 15 is 0 Å². The fourth-order valence-corrected chi connectivity index (χ4v) is 4.62. The van der Waals surface area contributed by atoms with Gasteiger partial charge in [0, 0.05) is 22.0 Å². The molecule has 19 heavy (non-hydrogen) atoms. The van der Waals surface area contributed by atoms with E-state index in [-0.39, 0.29) is 0 Å². The summed E-state index contributed by atoms with van der Waals surface area (Å²) in [7, 11) is 0. The minimum Gasteiger partial charge on any atom is -0.307 e. The quantitative estimate of drug-likeness (QED) is 0.867. The molecule has 2 aliphatic carbocycles. The first-order valence-corrected chi connectivity index (χ1v) is 8.86. The topological polar surface area (TPSA) is 12.0 Å². The Labute approximate surface area is 124 Å². The molecule has 4 rings (SSSR count). The highest BCUT2D eigenvalue weighted by Gasteiger charge is 2.42. The molecule has 0 spiro atoms. The van der Waals surface area contributed by atoms with Crippen LogP contribution in [0.3, 0.4) is 0 Å². The number of rotatable bonds is 4. The van der Waals surface area contributed by atoms with E-state index < -0.39 is 0 Å². The molecule has 0 bridgehead atoms. The molecule has 2 saturated carbocycles. The minimum atomic E-state index is 0.529. The Kier molecular flexibility index (Phi) is 3.29. The predicted molar refractivity (Wildman–Crippen MR) is 81.9 cm³/mol. The lowest BCUT2D eigenvalue weighted by atomic mass is 9.99. The highest BCUT2D eigenvalue weighted by atomic mass is 35.5. The Hall–Kier alpha value is -0.180. The lowest BCUT2D eigenvalue weighted by Gasteiger charge is -2.30. The van der Waals surface area contributed by atoms with Crippen LogP contribution in [-0.2, 0) is 0 Å². The summed E-state index contributed by atoms with van der Waals surface area (Å²) in [5, 5.41) is 4.87. The lowest BCUT2D eigenvalue weighted by molar-refractivity contribution is 0.356. The summed E-state index contributed by atoms with van der Waals surface area (Å²) >= 11 is 8.17. The van der Waals surface area contributed by atoms with E-state index in [2.05, 4.69) is 17.4 Å². The van der Waals surface area contributed by atoms with Crippen molar-refractivity contribution in [3.8, 4) is 0 Å². The smallest absolute Gasteiger partial charge is 0.0410 e. The molecule has 1 heterocycles. The zero-order chi connectivity index (χ0) is 12.8. The van der Waals surface area contributed by atoms with E-state index in [4.69, 9.17) is 11.6 Å². The van der Waals surface area contributed by atoms with Gasteiger partial charge in [0.05, 0.1) is 0 Å². The average Bonchev–Trinajstić information content (AvgIpc) is 3.28. The number of nitrogens with one attached hydrogen (secondary N) is 1. The van der Waals surface area contributed by atoms with Gasteiger partial charge in [-0.05, 0) is 73.5 Å². The summed E-state index contributed by atoms with van der Waals surface area (Å²) in [6.45, 7) is 0. The number of benzene rings is 1. The van der Waals surface area contributed by atoms with Gasteiger partial charge in [-0.2, -0.15) is 0 Å². The number of hydrogen-bond acceptors (Lipinski definition) is 2. The van der Waals surface area contributed by atoms with Gasteiger partial charge < -0.3 is 5.32 Å². The molecule has 0 radical (unpaired) electrons. The largest absolute Gasteiger partial charge is 0.307 e. The minimum absolute atomic E-state index is 0.529. The maximum Gasteiger partial charge on any atom is 0.0410 e. The Morgan fingerprint density at radius 1 is 1.11 bits per heavy atom. The van der Waals surface area contributed by atoms with Crippen LogP contribution in [0.4, 0.5) is 0 Å². The fraction of sp³-hybridized carbons (Fsp3) is 0.625. The highest BCUT2D eigenvalue weighted by Crippen LogP contribution is 2.46. The molecule has 1 N–H and O–H groups in total. The predicted octanol–water partition coefficient (Wildman–Crippen LogP) is 4.66. The average molecular weight is 294 g/mol. The summed E-state index contributed by atoms with van der Waals surface area (Å²) in [5.41, 5.74) is 1.44. The van der Waals surface area contributed by atoms with Crippen molar-refractivity contribution in [3.63, 3.8) is 0 Å². The monoisotopic (exact) mass is 293 g/mol. The van der Waals surface area contributed by atoms with E-state index in [9.17, 15) is 0 Å². The van der Waals surface area contributed by atoms with Crippen molar-refractivity contribution in [2.75, 3.05) is 5.75 Å². The van der Waals surface area contributed by atoms with Crippen molar-refractivity contribution < 1.29 is 0 Å². The van der Waals surface area contributed by atoms with Crippen molar-refractivity contribution in [2.24, 2.45) is 11.8 Å². The van der Waals surface area contributed by atoms with Crippen LogP contribution in [0.15, 0.2) is 23.1 Å². The summed E-state index contributed by atoms with van der Waals surface area (Å²) in [5.74, 6) is 3.16. The molecular formula is C16H20ClNS. The van der Waals surface area contributed by atoms with Crippen LogP contribution in [0.25, 0.3) is 0 Å². The Morgan fingerprint density at radius 2 is 1.84 bits per heavy atom. The van der Waals surface area contributed by atoms with Crippen LogP contribution in [0, 0.1) is 11.8 Å². The SMILES string of the molecule is Clc1ccc2c(c1)C(NC(C1CC1)C1CC1)CCS2. The van der Waals surface area contributed by atoms with Gasteiger partial charge in [0.25, 0.3) is 0 Å². The lowest BCUT2D eigenvalue weighted by Crippen LogP contribution is -2.37. The molecule has 1 aliphatic heterocycles. The molecular weight excluding hydrogens is 274 g/mol. The van der Waals surface area contributed by atoms with Crippen molar-refractivity contribution in [3.05, 3.63) is 28.8 Å². The third-order valence-corrected chi connectivity index (χ3v) is 6.02. The van der Waals surface area contributed by atoms with Gasteiger partial charge in [0.1, 0.15) is 0 Å². The summed E-state index contributed by atoms with van der Waals surface area (Å²) in [4.78, 5) is 1.43. The molecule has 1 nitrogen and oxygen atoms in total. The van der Waals surface area contributed by atoms with Gasteiger partial charge in [0.2, 0.25) is 0 Å². The van der Waals surface area contributed by atoms with Crippen molar-refractivity contribution in [1.82, 2.24) is 5.32 Å². The third kappa shape index (κ3) is 2.68.